The molecule has 3 aliphatic rings. The number of nitrogens with zero attached hydrogens (tertiary/aromatic N) is 5. The number of aliphatic hydroxyl groups excluding tert-OH is 1. The van der Waals surface area contributed by atoms with E-state index in [1.54, 1.807) is 6.07 Å². The minimum absolute atomic E-state index is 0.0138. The second kappa shape index (κ2) is 9.59. The molecule has 1 aliphatic carbocycles. The quantitative estimate of drug-likeness (QED) is 0.357. The molecule has 0 spiro atoms. The van der Waals surface area contributed by atoms with E-state index in [1.165, 1.54) is 6.07 Å². The van der Waals surface area contributed by atoms with E-state index in [2.05, 4.69) is 40.7 Å². The molecule has 1 amide bonds. The van der Waals surface area contributed by atoms with Crippen LogP contribution < -0.4 is 10.6 Å². The van der Waals surface area contributed by atoms with Gasteiger partial charge in [0.2, 0.25) is 0 Å². The van der Waals surface area contributed by atoms with Crippen LogP contribution in [0.25, 0.3) is 33.5 Å². The van der Waals surface area contributed by atoms with Crippen LogP contribution in [0.1, 0.15) is 55.9 Å². The highest BCUT2D eigenvalue weighted by Crippen LogP contribution is 2.42. The van der Waals surface area contributed by atoms with E-state index < -0.39 is 5.82 Å². The highest BCUT2D eigenvalue weighted by atomic mass is 19.1. The van der Waals surface area contributed by atoms with Crippen molar-refractivity contribution >= 4 is 33.5 Å². The van der Waals surface area contributed by atoms with Gasteiger partial charge < -0.3 is 29.8 Å². The average Bonchev–Trinajstić information content (AvgIpc) is 3.72. The zero-order chi connectivity index (χ0) is 27.7. The molecular formula is C31H37FN6O2. The number of amides is 1. The van der Waals surface area contributed by atoms with Gasteiger partial charge in [0.1, 0.15) is 11.3 Å². The van der Waals surface area contributed by atoms with Crippen LogP contribution in [0.3, 0.4) is 0 Å². The van der Waals surface area contributed by atoms with Gasteiger partial charge in [-0.15, -0.1) is 0 Å². The summed E-state index contributed by atoms with van der Waals surface area (Å²) in [6, 6.07) is 11.9. The Morgan fingerprint density at radius 3 is 2.70 bits per heavy atom. The molecule has 2 aromatic carbocycles. The molecule has 2 fully saturated rings. The summed E-state index contributed by atoms with van der Waals surface area (Å²) in [6.07, 6.45) is 3.62. The van der Waals surface area contributed by atoms with Gasteiger partial charge in [0.15, 0.2) is 5.82 Å². The van der Waals surface area contributed by atoms with Crippen molar-refractivity contribution in [1.82, 2.24) is 19.0 Å². The number of halogens is 1. The Bertz CT molecular complexity index is 1630. The van der Waals surface area contributed by atoms with Crippen LogP contribution in [-0.2, 0) is 6.54 Å². The van der Waals surface area contributed by atoms with Crippen molar-refractivity contribution in [2.45, 2.75) is 64.2 Å². The second-order valence-corrected chi connectivity index (χ2v) is 11.6. The maximum Gasteiger partial charge on any atom is 0.254 e. The first-order valence-electron chi connectivity index (χ1n) is 14.7. The first-order valence-corrected chi connectivity index (χ1v) is 14.7. The van der Waals surface area contributed by atoms with E-state index in [0.29, 0.717) is 41.4 Å². The van der Waals surface area contributed by atoms with E-state index in [1.807, 2.05) is 16.4 Å². The lowest BCUT2D eigenvalue weighted by Crippen LogP contribution is -2.41. The number of aromatic nitrogens is 3. The third-order valence-electron chi connectivity index (χ3n) is 9.53. The summed E-state index contributed by atoms with van der Waals surface area (Å²) in [5.41, 5.74) is 10.9. The van der Waals surface area contributed by atoms with Gasteiger partial charge in [-0.25, -0.2) is 9.37 Å². The van der Waals surface area contributed by atoms with Gasteiger partial charge in [-0.3, -0.25) is 4.79 Å². The van der Waals surface area contributed by atoms with E-state index in [-0.39, 0.29) is 30.6 Å². The van der Waals surface area contributed by atoms with Crippen molar-refractivity contribution < 1.29 is 14.3 Å². The number of rotatable bonds is 7. The number of para-hydroxylation sites is 1. The molecular weight excluding hydrogens is 507 g/mol. The third-order valence-corrected chi connectivity index (χ3v) is 9.53. The van der Waals surface area contributed by atoms with Crippen molar-refractivity contribution in [2.24, 2.45) is 11.7 Å². The summed E-state index contributed by atoms with van der Waals surface area (Å²) in [5.74, 6) is 0.475. The second-order valence-electron chi connectivity index (χ2n) is 11.6. The Morgan fingerprint density at radius 2 is 2.00 bits per heavy atom. The Labute approximate surface area is 233 Å². The van der Waals surface area contributed by atoms with Crippen LogP contribution in [0.15, 0.2) is 36.4 Å². The average molecular weight is 545 g/mol. The Balaban J connectivity index is 1.36. The molecule has 4 atom stereocenters. The maximum atomic E-state index is 15.8. The maximum absolute atomic E-state index is 15.8. The summed E-state index contributed by atoms with van der Waals surface area (Å²) in [4.78, 5) is 22.7. The fourth-order valence-corrected chi connectivity index (χ4v) is 7.58. The molecule has 2 aromatic heterocycles. The van der Waals surface area contributed by atoms with E-state index in [0.717, 1.165) is 61.1 Å². The zero-order valence-corrected chi connectivity index (χ0v) is 23.2. The lowest BCUT2D eigenvalue weighted by atomic mass is 10.1. The fraction of sp³-hybridized carbons (Fsp3) is 0.484. The first kappa shape index (κ1) is 25.5. The van der Waals surface area contributed by atoms with Gasteiger partial charge in [0, 0.05) is 55.8 Å². The summed E-state index contributed by atoms with van der Waals surface area (Å²) >= 11 is 0. The highest BCUT2D eigenvalue weighted by molar-refractivity contribution is 6.00. The van der Waals surface area contributed by atoms with Crippen molar-refractivity contribution in [3.63, 3.8) is 0 Å². The number of nitrogens with two attached hydrogens (primary N) is 1. The molecule has 1 saturated carbocycles. The molecule has 210 valence electrons. The van der Waals surface area contributed by atoms with E-state index in [9.17, 15) is 9.90 Å². The van der Waals surface area contributed by atoms with Crippen LogP contribution in [0.2, 0.25) is 0 Å². The van der Waals surface area contributed by atoms with Gasteiger partial charge >= 0.3 is 0 Å². The van der Waals surface area contributed by atoms with Crippen LogP contribution in [0.5, 0.6) is 0 Å². The molecule has 40 heavy (non-hydrogen) atoms. The molecule has 0 radical (unpaired) electrons. The Kier molecular flexibility index (Phi) is 6.12. The van der Waals surface area contributed by atoms with Crippen molar-refractivity contribution in [3.8, 4) is 11.5 Å². The Hall–Kier alpha value is -3.43. The number of imidazole rings is 1. The van der Waals surface area contributed by atoms with E-state index in [4.69, 9.17) is 10.7 Å². The summed E-state index contributed by atoms with van der Waals surface area (Å²) < 4.78 is 20.1. The number of carbonyl (C=O) groups is 1. The number of piperidine rings is 1. The number of fused-ring (bicyclic) bond motifs is 3. The minimum Gasteiger partial charge on any atom is -0.396 e. The zero-order valence-electron chi connectivity index (χ0n) is 23.2. The number of anilines is 1. The molecule has 3 N–H and O–H groups in total. The molecule has 9 heteroatoms. The van der Waals surface area contributed by atoms with Gasteiger partial charge in [-0.05, 0) is 62.8 Å². The fourth-order valence-electron chi connectivity index (χ4n) is 7.58. The van der Waals surface area contributed by atoms with Crippen molar-refractivity contribution in [3.05, 3.63) is 47.8 Å². The molecule has 2 aliphatic heterocycles. The van der Waals surface area contributed by atoms with Crippen molar-refractivity contribution in [1.29, 1.82) is 0 Å². The number of benzene rings is 2. The van der Waals surface area contributed by atoms with Gasteiger partial charge in [0.05, 0.1) is 28.5 Å². The van der Waals surface area contributed by atoms with Crippen LogP contribution >= 0.6 is 0 Å². The molecule has 2 bridgehead atoms. The molecule has 7 rings (SSSR count). The van der Waals surface area contributed by atoms with Crippen LogP contribution in [0, 0.1) is 11.7 Å². The smallest absolute Gasteiger partial charge is 0.254 e. The lowest BCUT2D eigenvalue weighted by Gasteiger charge is -2.36. The third kappa shape index (κ3) is 3.63. The van der Waals surface area contributed by atoms with Gasteiger partial charge in [-0.1, -0.05) is 19.1 Å². The number of hydrogen-bond acceptors (Lipinski definition) is 5. The monoisotopic (exact) mass is 544 g/mol. The minimum atomic E-state index is -0.423. The standard InChI is InChI=1S/C31H37FN6O2/c1-3-21-17-35(11-6-12-39)25-8-5-7-18-15-26(38(21)28(18)25)30-34-23-14-20(13-22(32)29(23)36(30)4-2)31(40)37-16-19-9-10-24(37)27(19)33/h5,7-8,13-15,19,21,24,27,39H,3-4,6,9-12,16-17,33H2,1-2H3/t19-,21?,24-,27-/m1/s1. The number of aryl methyl sites for hydroxylation is 1. The first-order chi connectivity index (χ1) is 19.4. The van der Waals surface area contributed by atoms with Gasteiger partial charge in [-0.2, -0.15) is 0 Å². The molecule has 4 aromatic rings. The van der Waals surface area contributed by atoms with Gasteiger partial charge in [0.25, 0.3) is 5.91 Å². The normalized spacial score (nSPS) is 23.7. The summed E-state index contributed by atoms with van der Waals surface area (Å²) in [6.45, 7) is 7.19. The van der Waals surface area contributed by atoms with Crippen LogP contribution in [0.4, 0.5) is 10.1 Å². The lowest BCUT2D eigenvalue weighted by molar-refractivity contribution is 0.0700. The number of aliphatic hydroxyl groups is 1. The predicted molar refractivity (Wildman–Crippen MR) is 155 cm³/mol. The molecule has 4 heterocycles. The molecule has 8 nitrogen and oxygen atoms in total. The predicted octanol–water partition coefficient (Wildman–Crippen LogP) is 4.53. The summed E-state index contributed by atoms with van der Waals surface area (Å²) in [7, 11) is 0. The van der Waals surface area contributed by atoms with Crippen molar-refractivity contribution in [2.75, 3.05) is 31.1 Å². The SMILES string of the molecule is CCC1CN(CCCO)c2cccc3cc(-c4nc5cc(C(=O)N6C[C@H]7CC[C@@H]6[C@@H]7N)cc(F)c5n4CC)n1c23. The number of hydrogen-bond donors (Lipinski definition) is 2. The number of likely N-dealkylation sites (tertiary alicyclic amines) is 1. The molecule has 1 saturated heterocycles. The largest absolute Gasteiger partial charge is 0.396 e. The number of carbonyl (C=O) groups excluding carboxylic acids is 1. The highest BCUT2D eigenvalue weighted by Gasteiger charge is 2.47. The molecule has 1 unspecified atom stereocenters. The summed E-state index contributed by atoms with van der Waals surface area (Å²) in [5, 5.41) is 10.6. The topological polar surface area (TPSA) is 92.6 Å². The van der Waals surface area contributed by atoms with E-state index >= 15 is 4.39 Å². The Morgan fingerprint density at radius 1 is 1.15 bits per heavy atom. The van der Waals surface area contributed by atoms with Crippen LogP contribution in [-0.4, -0.2) is 68.4 Å².